The van der Waals surface area contributed by atoms with E-state index in [0.717, 1.165) is 57.1 Å². The Bertz CT molecular complexity index is 733. The average molecular weight is 401 g/mol. The topological polar surface area (TPSA) is 64.6 Å². The number of nitrogens with one attached hydrogen (secondary N) is 1. The molecule has 1 fully saturated rings. The van der Waals surface area contributed by atoms with Gasteiger partial charge in [0, 0.05) is 69.2 Å². The van der Waals surface area contributed by atoms with Gasteiger partial charge in [-0.1, -0.05) is 31.5 Å². The summed E-state index contributed by atoms with van der Waals surface area (Å²) in [6.45, 7) is 9.84. The Hall–Kier alpha value is -1.89. The van der Waals surface area contributed by atoms with Crippen molar-refractivity contribution in [3.63, 3.8) is 0 Å². The number of H-pyrrole nitrogens is 1. The predicted molar refractivity (Wildman–Crippen MR) is 116 cm³/mol. The molecule has 0 aliphatic carbocycles. The van der Waals surface area contributed by atoms with Crippen LogP contribution in [0.4, 0.5) is 0 Å². The lowest BCUT2D eigenvalue weighted by Gasteiger charge is -2.41. The van der Waals surface area contributed by atoms with Gasteiger partial charge in [-0.15, -0.1) is 0 Å². The van der Waals surface area contributed by atoms with Gasteiger partial charge in [-0.3, -0.25) is 9.80 Å². The van der Waals surface area contributed by atoms with Crippen molar-refractivity contribution < 1.29 is 9.84 Å². The molecular weight excluding hydrogens is 364 g/mol. The normalized spacial score (nSPS) is 18.2. The smallest absolute Gasteiger partial charge is 0.123 e. The average Bonchev–Trinajstić information content (AvgIpc) is 3.17. The highest BCUT2D eigenvalue weighted by atomic mass is 16.5. The van der Waals surface area contributed by atoms with Gasteiger partial charge in [0.15, 0.2) is 0 Å². The Morgan fingerprint density at radius 2 is 2.07 bits per heavy atom. The second kappa shape index (κ2) is 11.3. The predicted octanol–water partition coefficient (Wildman–Crippen LogP) is 3.22. The number of aliphatic hydroxyl groups is 1. The Morgan fingerprint density at radius 1 is 1.21 bits per heavy atom. The van der Waals surface area contributed by atoms with Crippen molar-refractivity contribution in [2.24, 2.45) is 0 Å². The van der Waals surface area contributed by atoms with Gasteiger partial charge in [0.05, 0.1) is 6.61 Å². The number of para-hydroxylation sites is 1. The zero-order chi connectivity index (χ0) is 20.5. The second-order valence-electron chi connectivity index (χ2n) is 7.87. The molecule has 2 N–H and O–H groups in total. The number of aliphatic hydroxyl groups excluding tert-OH is 1. The summed E-state index contributed by atoms with van der Waals surface area (Å²) < 4.78 is 5.81. The summed E-state index contributed by atoms with van der Waals surface area (Å²) in [4.78, 5) is 13.0. The van der Waals surface area contributed by atoms with E-state index in [9.17, 15) is 5.11 Å². The number of aryl methyl sites for hydroxylation is 1. The summed E-state index contributed by atoms with van der Waals surface area (Å²) >= 11 is 0. The third-order valence-electron chi connectivity index (χ3n) is 5.64. The zero-order valence-corrected chi connectivity index (χ0v) is 17.9. The Kier molecular flexibility index (Phi) is 8.52. The van der Waals surface area contributed by atoms with E-state index in [4.69, 9.17) is 4.74 Å². The lowest BCUT2D eigenvalue weighted by Crippen LogP contribution is -2.52. The third-order valence-corrected chi connectivity index (χ3v) is 5.64. The standard InChI is InChI=1S/C23H36N4O2/c1-3-5-10-23-24-15-20(25-23)17-26-12-13-27(21(18-26)11-14-28)16-19-8-6-7-9-22(19)29-4-2/h6-9,15,21,28H,3-5,10-14,16-18H2,1-2H3,(H,24,25)/t21-/m0/s1. The molecule has 29 heavy (non-hydrogen) atoms. The van der Waals surface area contributed by atoms with E-state index >= 15 is 0 Å². The maximum atomic E-state index is 9.62. The van der Waals surface area contributed by atoms with Crippen molar-refractivity contribution in [2.75, 3.05) is 32.8 Å². The molecule has 0 amide bonds. The van der Waals surface area contributed by atoms with Gasteiger partial charge in [-0.05, 0) is 25.8 Å². The minimum atomic E-state index is 0.216. The molecule has 0 unspecified atom stereocenters. The van der Waals surface area contributed by atoms with Crippen LogP contribution in [-0.4, -0.2) is 63.8 Å². The molecule has 1 aliphatic rings. The number of benzene rings is 1. The lowest BCUT2D eigenvalue weighted by molar-refractivity contribution is 0.0489. The van der Waals surface area contributed by atoms with Crippen LogP contribution >= 0.6 is 0 Å². The number of piperazine rings is 1. The van der Waals surface area contributed by atoms with Gasteiger partial charge in [0.25, 0.3) is 0 Å². The summed E-state index contributed by atoms with van der Waals surface area (Å²) in [5.74, 6) is 2.07. The molecule has 0 spiro atoms. The summed E-state index contributed by atoms with van der Waals surface area (Å²) in [6, 6.07) is 8.63. The highest BCUT2D eigenvalue weighted by Gasteiger charge is 2.27. The highest BCUT2D eigenvalue weighted by molar-refractivity contribution is 5.33. The highest BCUT2D eigenvalue weighted by Crippen LogP contribution is 2.24. The number of aromatic amines is 1. The van der Waals surface area contributed by atoms with E-state index in [2.05, 4.69) is 38.8 Å². The molecule has 1 aromatic carbocycles. The molecule has 3 rings (SSSR count). The molecular formula is C23H36N4O2. The number of unbranched alkanes of at least 4 members (excludes halogenated alkanes) is 1. The van der Waals surface area contributed by atoms with Crippen LogP contribution in [0.3, 0.4) is 0 Å². The molecule has 1 saturated heterocycles. The molecule has 0 bridgehead atoms. The maximum Gasteiger partial charge on any atom is 0.123 e. The molecule has 1 aliphatic heterocycles. The van der Waals surface area contributed by atoms with Crippen LogP contribution in [0.5, 0.6) is 5.75 Å². The first-order valence-electron chi connectivity index (χ1n) is 11.0. The van der Waals surface area contributed by atoms with E-state index in [1.54, 1.807) is 0 Å². The summed E-state index contributed by atoms with van der Waals surface area (Å²) in [6.07, 6.45) is 6.16. The fourth-order valence-corrected chi connectivity index (χ4v) is 4.08. The first kappa shape index (κ1) is 21.8. The van der Waals surface area contributed by atoms with Crippen molar-refractivity contribution in [1.29, 1.82) is 0 Å². The number of ether oxygens (including phenoxy) is 1. The molecule has 1 aromatic heterocycles. The molecule has 2 heterocycles. The van der Waals surface area contributed by atoms with Crippen molar-refractivity contribution in [3.8, 4) is 5.75 Å². The number of nitrogens with zero attached hydrogens (tertiary/aromatic N) is 3. The molecule has 6 heteroatoms. The fourth-order valence-electron chi connectivity index (χ4n) is 4.08. The van der Waals surface area contributed by atoms with Gasteiger partial charge in [-0.2, -0.15) is 0 Å². The fraction of sp³-hybridized carbons (Fsp3) is 0.609. The van der Waals surface area contributed by atoms with E-state index < -0.39 is 0 Å². The van der Waals surface area contributed by atoms with E-state index in [1.807, 2.05) is 25.3 Å². The molecule has 2 aromatic rings. The molecule has 1 atom stereocenters. The number of rotatable bonds is 11. The third kappa shape index (κ3) is 6.29. The first-order valence-corrected chi connectivity index (χ1v) is 11.0. The summed E-state index contributed by atoms with van der Waals surface area (Å²) in [5.41, 5.74) is 2.41. The Morgan fingerprint density at radius 3 is 2.86 bits per heavy atom. The Labute approximate surface area is 174 Å². The van der Waals surface area contributed by atoms with Gasteiger partial charge in [-0.25, -0.2) is 4.98 Å². The number of hydrogen-bond acceptors (Lipinski definition) is 5. The maximum absolute atomic E-state index is 9.62. The minimum Gasteiger partial charge on any atom is -0.494 e. The van der Waals surface area contributed by atoms with Crippen molar-refractivity contribution in [3.05, 3.63) is 47.5 Å². The van der Waals surface area contributed by atoms with Gasteiger partial charge < -0.3 is 14.8 Å². The first-order chi connectivity index (χ1) is 14.2. The van der Waals surface area contributed by atoms with Crippen LogP contribution in [0.25, 0.3) is 0 Å². The van der Waals surface area contributed by atoms with E-state index in [-0.39, 0.29) is 6.61 Å². The van der Waals surface area contributed by atoms with Crippen LogP contribution in [0, 0.1) is 0 Å². The molecule has 0 saturated carbocycles. The number of hydrogen-bond donors (Lipinski definition) is 2. The largest absolute Gasteiger partial charge is 0.494 e. The Balaban J connectivity index is 1.60. The van der Waals surface area contributed by atoms with Crippen molar-refractivity contribution in [2.45, 2.75) is 58.7 Å². The quantitative estimate of drug-likeness (QED) is 0.606. The monoisotopic (exact) mass is 400 g/mol. The summed E-state index contributed by atoms with van der Waals surface area (Å²) in [5, 5.41) is 9.62. The SMILES string of the molecule is CCCCc1ncc(CN2CCN(Cc3ccccc3OCC)[C@@H](CCO)C2)[nH]1. The zero-order valence-electron chi connectivity index (χ0n) is 17.9. The van der Waals surface area contributed by atoms with Gasteiger partial charge in [0.2, 0.25) is 0 Å². The molecule has 160 valence electrons. The van der Waals surface area contributed by atoms with Crippen LogP contribution in [0.1, 0.15) is 50.2 Å². The summed E-state index contributed by atoms with van der Waals surface area (Å²) in [7, 11) is 0. The van der Waals surface area contributed by atoms with Crippen molar-refractivity contribution in [1.82, 2.24) is 19.8 Å². The van der Waals surface area contributed by atoms with E-state index in [0.29, 0.717) is 12.6 Å². The van der Waals surface area contributed by atoms with Crippen LogP contribution in [0.15, 0.2) is 30.5 Å². The van der Waals surface area contributed by atoms with Gasteiger partial charge >= 0.3 is 0 Å². The lowest BCUT2D eigenvalue weighted by atomic mass is 10.1. The van der Waals surface area contributed by atoms with Crippen LogP contribution in [-0.2, 0) is 19.5 Å². The molecule has 0 radical (unpaired) electrons. The van der Waals surface area contributed by atoms with Crippen LogP contribution in [0.2, 0.25) is 0 Å². The molecule has 6 nitrogen and oxygen atoms in total. The number of aromatic nitrogens is 2. The minimum absolute atomic E-state index is 0.216. The second-order valence-corrected chi connectivity index (χ2v) is 7.87. The van der Waals surface area contributed by atoms with Crippen LogP contribution < -0.4 is 4.74 Å². The number of imidazole rings is 1. The van der Waals surface area contributed by atoms with E-state index in [1.165, 1.54) is 24.1 Å². The van der Waals surface area contributed by atoms with Gasteiger partial charge in [0.1, 0.15) is 11.6 Å². The van der Waals surface area contributed by atoms with Crippen molar-refractivity contribution >= 4 is 0 Å².